The summed E-state index contributed by atoms with van der Waals surface area (Å²) in [5, 5.41) is 0. The number of hydrogen-bond acceptors (Lipinski definition) is 4. The van der Waals surface area contributed by atoms with E-state index in [1.165, 1.54) is 11.6 Å². The van der Waals surface area contributed by atoms with Crippen LogP contribution in [0.2, 0.25) is 0 Å². The summed E-state index contributed by atoms with van der Waals surface area (Å²) in [5.41, 5.74) is -6.83. The molecule has 0 aliphatic rings. The Morgan fingerprint density at radius 2 is 1.72 bits per heavy atom. The van der Waals surface area contributed by atoms with Crippen LogP contribution < -0.4 is 9.87 Å². The third-order valence-corrected chi connectivity index (χ3v) is 4.28. The Kier molecular flexibility index (Phi) is 4.44. The van der Waals surface area contributed by atoms with Crippen molar-refractivity contribution in [2.24, 2.45) is 12.5 Å². The van der Waals surface area contributed by atoms with Crippen molar-refractivity contribution >= 4 is 21.2 Å². The summed E-state index contributed by atoms with van der Waals surface area (Å²) in [5.74, 6) is -2.49. The molecule has 6 nitrogen and oxygen atoms in total. The minimum absolute atomic E-state index is 0.122. The number of halogens is 4. The summed E-state index contributed by atoms with van der Waals surface area (Å²) in [7, 11) is -4.79. The van der Waals surface area contributed by atoms with Gasteiger partial charge in [0, 0.05) is 13.6 Å². The van der Waals surface area contributed by atoms with Crippen molar-refractivity contribution in [3.05, 3.63) is 28.4 Å². The fraction of sp³-hybridized carbons (Fsp3) is 0.500. The van der Waals surface area contributed by atoms with Gasteiger partial charge in [0.25, 0.3) is 0 Å². The normalized spacial score (nSPS) is 13.4. The van der Waals surface area contributed by atoms with Crippen molar-refractivity contribution in [3.8, 4) is 5.75 Å². The second-order valence-electron chi connectivity index (χ2n) is 6.72. The molecule has 2 aromatic rings. The van der Waals surface area contributed by atoms with Gasteiger partial charge in [-0.1, -0.05) is 20.8 Å². The first kappa shape index (κ1) is 19.3. The summed E-state index contributed by atoms with van der Waals surface area (Å²) < 4.78 is 79.9. The molecular weight excluding hydrogens is 368 g/mol. The highest BCUT2D eigenvalue weighted by Crippen LogP contribution is 2.32. The topological polar surface area (TPSA) is 70.3 Å². The minimum atomic E-state index is -6.02. The zero-order valence-corrected chi connectivity index (χ0v) is 14.6. The maximum atomic E-state index is 14.5. The third kappa shape index (κ3) is 3.51. The smallest absolute Gasteiger partial charge is 0.373 e. The maximum Gasteiger partial charge on any atom is 0.534 e. The molecule has 0 fully saturated rings. The minimum Gasteiger partial charge on any atom is -0.373 e. The molecule has 2 rings (SSSR count). The lowest BCUT2D eigenvalue weighted by Gasteiger charge is -2.18. The van der Waals surface area contributed by atoms with Crippen molar-refractivity contribution in [3.63, 3.8) is 0 Å². The van der Waals surface area contributed by atoms with Gasteiger partial charge in [-0.3, -0.25) is 9.13 Å². The van der Waals surface area contributed by atoms with Gasteiger partial charge in [0.15, 0.2) is 11.6 Å². The fourth-order valence-corrected chi connectivity index (χ4v) is 2.77. The third-order valence-electron chi connectivity index (χ3n) is 3.32. The largest absolute Gasteiger partial charge is 0.534 e. The van der Waals surface area contributed by atoms with Crippen molar-refractivity contribution in [2.75, 3.05) is 0 Å². The number of aromatic nitrogens is 2. The molecule has 0 saturated carbocycles. The highest BCUT2D eigenvalue weighted by atomic mass is 32.2. The van der Waals surface area contributed by atoms with Crippen LogP contribution in [-0.4, -0.2) is 23.1 Å². The van der Waals surface area contributed by atoms with E-state index in [1.54, 1.807) is 0 Å². The SMILES string of the molecule is Cn1c(=O)n(CC(C)(C)C)c2ccc(OS(=O)(=O)C(F)(F)F)c(F)c21. The lowest BCUT2D eigenvalue weighted by atomic mass is 9.97. The van der Waals surface area contributed by atoms with Crippen molar-refractivity contribution in [1.29, 1.82) is 0 Å². The first-order chi connectivity index (χ1) is 11.2. The molecule has 0 saturated heterocycles. The second kappa shape index (κ2) is 5.75. The molecule has 0 spiro atoms. The predicted molar refractivity (Wildman–Crippen MR) is 82.2 cm³/mol. The molecule has 1 aromatic heterocycles. The van der Waals surface area contributed by atoms with Crippen LogP contribution >= 0.6 is 0 Å². The molecule has 0 unspecified atom stereocenters. The lowest BCUT2D eigenvalue weighted by Crippen LogP contribution is -2.28. The summed E-state index contributed by atoms with van der Waals surface area (Å²) in [6, 6.07) is 1.90. The van der Waals surface area contributed by atoms with Crippen LogP contribution in [0.25, 0.3) is 11.0 Å². The number of benzene rings is 1. The standard InChI is InChI=1S/C14H16F4N2O4S/c1-13(2,3)7-20-8-5-6-9(24-25(22,23)14(16,17)18)10(15)11(8)19(4)12(20)21/h5-6H,7H2,1-4H3. The number of nitrogens with zero attached hydrogens (tertiary/aromatic N) is 2. The van der Waals surface area contributed by atoms with Gasteiger partial charge in [-0.15, -0.1) is 0 Å². The van der Waals surface area contributed by atoms with Gasteiger partial charge < -0.3 is 4.18 Å². The van der Waals surface area contributed by atoms with Gasteiger partial charge in [0.1, 0.15) is 5.52 Å². The number of hydrogen-bond donors (Lipinski definition) is 0. The zero-order valence-electron chi connectivity index (χ0n) is 13.8. The van der Waals surface area contributed by atoms with E-state index in [0.29, 0.717) is 0 Å². The molecule has 11 heteroatoms. The van der Waals surface area contributed by atoms with Crippen molar-refractivity contribution in [1.82, 2.24) is 9.13 Å². The van der Waals surface area contributed by atoms with E-state index in [9.17, 15) is 30.8 Å². The molecule has 0 radical (unpaired) electrons. The van der Waals surface area contributed by atoms with E-state index < -0.39 is 32.9 Å². The Bertz CT molecular complexity index is 981. The highest BCUT2D eigenvalue weighted by molar-refractivity contribution is 7.88. The maximum absolute atomic E-state index is 14.5. The van der Waals surface area contributed by atoms with E-state index in [1.807, 2.05) is 20.8 Å². The van der Waals surface area contributed by atoms with E-state index in [4.69, 9.17) is 0 Å². The highest BCUT2D eigenvalue weighted by Gasteiger charge is 2.49. The molecule has 0 bridgehead atoms. The molecule has 25 heavy (non-hydrogen) atoms. The average molecular weight is 384 g/mol. The molecule has 1 heterocycles. The van der Waals surface area contributed by atoms with Gasteiger partial charge in [-0.2, -0.15) is 21.6 Å². The van der Waals surface area contributed by atoms with Crippen LogP contribution in [0.3, 0.4) is 0 Å². The number of rotatable bonds is 3. The summed E-state index contributed by atoms with van der Waals surface area (Å²) in [4.78, 5) is 12.3. The molecule has 1 aromatic carbocycles. The summed E-state index contributed by atoms with van der Waals surface area (Å²) in [6.07, 6.45) is 0. The zero-order chi connectivity index (χ0) is 19.4. The number of fused-ring (bicyclic) bond motifs is 1. The van der Waals surface area contributed by atoms with E-state index in [0.717, 1.165) is 16.7 Å². The number of aryl methyl sites for hydroxylation is 1. The van der Waals surface area contributed by atoms with Crippen LogP contribution in [0.15, 0.2) is 16.9 Å². The van der Waals surface area contributed by atoms with Crippen LogP contribution in [0.5, 0.6) is 5.75 Å². The molecule has 0 aliphatic carbocycles. The summed E-state index contributed by atoms with van der Waals surface area (Å²) in [6.45, 7) is 5.77. The Labute approximate surface area is 140 Å². The van der Waals surface area contributed by atoms with Crippen LogP contribution in [0, 0.1) is 11.2 Å². The molecule has 0 amide bonds. The van der Waals surface area contributed by atoms with Gasteiger partial charge in [0.05, 0.1) is 5.52 Å². The molecule has 0 N–H and O–H groups in total. The monoisotopic (exact) mass is 384 g/mol. The Morgan fingerprint density at radius 1 is 1.16 bits per heavy atom. The van der Waals surface area contributed by atoms with E-state index in [2.05, 4.69) is 4.18 Å². The van der Waals surface area contributed by atoms with E-state index >= 15 is 0 Å². The fourth-order valence-electron chi connectivity index (χ4n) is 2.31. The first-order valence-electron chi connectivity index (χ1n) is 7.04. The summed E-state index contributed by atoms with van der Waals surface area (Å²) >= 11 is 0. The molecular formula is C14H16F4N2O4S. The van der Waals surface area contributed by atoms with Crippen LogP contribution in [0.1, 0.15) is 20.8 Å². The predicted octanol–water partition coefficient (Wildman–Crippen LogP) is 2.75. The number of imidazole rings is 1. The van der Waals surface area contributed by atoms with Gasteiger partial charge in [-0.05, 0) is 17.5 Å². The van der Waals surface area contributed by atoms with Crippen molar-refractivity contribution in [2.45, 2.75) is 32.8 Å². The Hall–Kier alpha value is -2.04. The Morgan fingerprint density at radius 3 is 2.20 bits per heavy atom. The average Bonchev–Trinajstić information content (AvgIpc) is 2.64. The lowest BCUT2D eigenvalue weighted by molar-refractivity contribution is -0.0500. The molecule has 140 valence electrons. The van der Waals surface area contributed by atoms with Gasteiger partial charge in [-0.25, -0.2) is 9.18 Å². The van der Waals surface area contributed by atoms with Crippen molar-refractivity contribution < 1.29 is 30.2 Å². The van der Waals surface area contributed by atoms with Gasteiger partial charge in [0.2, 0.25) is 0 Å². The Balaban J connectivity index is 2.66. The quantitative estimate of drug-likeness (QED) is 0.464. The second-order valence-corrected chi connectivity index (χ2v) is 8.25. The van der Waals surface area contributed by atoms with Crippen LogP contribution in [0.4, 0.5) is 17.6 Å². The number of alkyl halides is 3. The van der Waals surface area contributed by atoms with E-state index in [-0.39, 0.29) is 23.0 Å². The van der Waals surface area contributed by atoms with Crippen LogP contribution in [-0.2, 0) is 23.7 Å². The molecule has 0 aliphatic heterocycles. The first-order valence-corrected chi connectivity index (χ1v) is 8.45. The molecule has 0 atom stereocenters. The van der Waals surface area contributed by atoms with Gasteiger partial charge >= 0.3 is 21.3 Å².